The Morgan fingerprint density at radius 3 is 2.85 bits per heavy atom. The number of nitrogens with zero attached hydrogens (tertiary/aromatic N) is 1. The normalized spacial score (nSPS) is 18.2. The molecule has 1 atom stereocenters. The third-order valence-electron chi connectivity index (χ3n) is 3.69. The van der Waals surface area contributed by atoms with Gasteiger partial charge in [-0.15, -0.1) is 0 Å². The summed E-state index contributed by atoms with van der Waals surface area (Å²) in [5.74, 6) is -1.08. The van der Waals surface area contributed by atoms with Crippen LogP contribution in [0.15, 0.2) is 24.3 Å². The van der Waals surface area contributed by atoms with E-state index in [9.17, 15) is 14.7 Å². The predicted octanol–water partition coefficient (Wildman–Crippen LogP) is 1.14. The number of carbonyl (C=O) groups excluding carboxylic acids is 1. The Bertz CT molecular complexity index is 502. The van der Waals surface area contributed by atoms with Gasteiger partial charge >= 0.3 is 5.97 Å². The number of aliphatic carboxylic acids is 1. The Morgan fingerprint density at radius 2 is 2.15 bits per heavy atom. The molecule has 0 unspecified atom stereocenters. The molecule has 1 aliphatic rings. The summed E-state index contributed by atoms with van der Waals surface area (Å²) in [4.78, 5) is 25.3. The SMILES string of the molecule is CNCCc1ccccc1C(=O)N1CCC[C@H]1C(=O)O. The van der Waals surface area contributed by atoms with Gasteiger partial charge in [0.05, 0.1) is 0 Å². The van der Waals surface area contributed by atoms with E-state index in [1.807, 2.05) is 25.2 Å². The molecule has 2 N–H and O–H groups in total. The number of hydrogen-bond acceptors (Lipinski definition) is 3. The van der Waals surface area contributed by atoms with Crippen LogP contribution < -0.4 is 5.32 Å². The maximum atomic E-state index is 12.6. The summed E-state index contributed by atoms with van der Waals surface area (Å²) in [6.45, 7) is 1.31. The molecule has 2 rings (SSSR count). The van der Waals surface area contributed by atoms with Gasteiger partial charge in [-0.05, 0) is 44.5 Å². The molecular formula is C15H20N2O3. The summed E-state index contributed by atoms with van der Waals surface area (Å²) >= 11 is 0. The van der Waals surface area contributed by atoms with Crippen molar-refractivity contribution in [1.82, 2.24) is 10.2 Å². The molecule has 20 heavy (non-hydrogen) atoms. The molecule has 0 radical (unpaired) electrons. The number of rotatable bonds is 5. The Morgan fingerprint density at radius 1 is 1.40 bits per heavy atom. The number of amides is 1. The van der Waals surface area contributed by atoms with Crippen LogP contribution in [-0.4, -0.2) is 48.1 Å². The van der Waals surface area contributed by atoms with Gasteiger partial charge in [-0.1, -0.05) is 18.2 Å². The summed E-state index contributed by atoms with van der Waals surface area (Å²) in [5.41, 5.74) is 1.58. The van der Waals surface area contributed by atoms with E-state index in [-0.39, 0.29) is 5.91 Å². The molecule has 1 aliphatic heterocycles. The van der Waals surface area contributed by atoms with E-state index in [0.717, 1.165) is 24.9 Å². The highest BCUT2D eigenvalue weighted by Gasteiger charge is 2.34. The van der Waals surface area contributed by atoms with Gasteiger partial charge in [-0.3, -0.25) is 4.79 Å². The van der Waals surface area contributed by atoms with E-state index in [1.165, 1.54) is 4.90 Å². The highest BCUT2D eigenvalue weighted by molar-refractivity contribution is 5.98. The molecule has 1 aromatic rings. The van der Waals surface area contributed by atoms with E-state index in [4.69, 9.17) is 0 Å². The Kier molecular flexibility index (Phi) is 4.74. The van der Waals surface area contributed by atoms with E-state index in [1.54, 1.807) is 6.07 Å². The molecular weight excluding hydrogens is 256 g/mol. The quantitative estimate of drug-likeness (QED) is 0.846. The fourth-order valence-corrected chi connectivity index (χ4v) is 2.63. The predicted molar refractivity (Wildman–Crippen MR) is 75.8 cm³/mol. The van der Waals surface area contributed by atoms with Crippen molar-refractivity contribution in [3.05, 3.63) is 35.4 Å². The van der Waals surface area contributed by atoms with Crippen molar-refractivity contribution in [3.63, 3.8) is 0 Å². The minimum absolute atomic E-state index is 0.165. The van der Waals surface area contributed by atoms with Crippen molar-refractivity contribution in [1.29, 1.82) is 0 Å². The van der Waals surface area contributed by atoms with Crippen molar-refractivity contribution in [2.24, 2.45) is 0 Å². The lowest BCUT2D eigenvalue weighted by molar-refractivity contribution is -0.141. The van der Waals surface area contributed by atoms with Gasteiger partial charge < -0.3 is 15.3 Å². The molecule has 5 nitrogen and oxygen atoms in total. The Hall–Kier alpha value is -1.88. The number of likely N-dealkylation sites (tertiary alicyclic amines) is 1. The van der Waals surface area contributed by atoms with Gasteiger partial charge in [0.25, 0.3) is 5.91 Å². The van der Waals surface area contributed by atoms with Crippen LogP contribution in [0.5, 0.6) is 0 Å². The lowest BCUT2D eigenvalue weighted by Crippen LogP contribution is -2.40. The topological polar surface area (TPSA) is 69.6 Å². The van der Waals surface area contributed by atoms with Crippen molar-refractivity contribution in [3.8, 4) is 0 Å². The first-order chi connectivity index (χ1) is 9.65. The summed E-state index contributed by atoms with van der Waals surface area (Å²) < 4.78 is 0. The van der Waals surface area contributed by atoms with Crippen LogP contribution in [0.3, 0.4) is 0 Å². The Labute approximate surface area is 118 Å². The van der Waals surface area contributed by atoms with Gasteiger partial charge in [-0.2, -0.15) is 0 Å². The fraction of sp³-hybridized carbons (Fsp3) is 0.467. The molecule has 0 aromatic heterocycles. The van der Waals surface area contributed by atoms with Crippen LogP contribution in [-0.2, 0) is 11.2 Å². The van der Waals surface area contributed by atoms with Crippen LogP contribution in [0.1, 0.15) is 28.8 Å². The average molecular weight is 276 g/mol. The standard InChI is InChI=1S/C15H20N2O3/c1-16-9-8-11-5-2-3-6-12(11)14(18)17-10-4-7-13(17)15(19)20/h2-3,5-6,13,16H,4,7-10H2,1H3,(H,19,20)/t13-/m0/s1. The molecule has 0 spiro atoms. The monoisotopic (exact) mass is 276 g/mol. The molecule has 1 heterocycles. The van der Waals surface area contributed by atoms with Crippen LogP contribution in [0.2, 0.25) is 0 Å². The number of hydrogen-bond donors (Lipinski definition) is 2. The first kappa shape index (κ1) is 14.5. The summed E-state index contributed by atoms with van der Waals surface area (Å²) in [5, 5.41) is 12.2. The van der Waals surface area contributed by atoms with E-state index in [0.29, 0.717) is 18.5 Å². The maximum absolute atomic E-state index is 12.6. The molecule has 1 amide bonds. The Balaban J connectivity index is 2.22. The third kappa shape index (κ3) is 2.99. The molecule has 0 aliphatic carbocycles. The van der Waals surface area contributed by atoms with Gasteiger partial charge in [0, 0.05) is 12.1 Å². The number of likely N-dealkylation sites (N-methyl/N-ethyl adjacent to an activating group) is 1. The number of carbonyl (C=O) groups is 2. The second-order valence-electron chi connectivity index (χ2n) is 5.01. The van der Waals surface area contributed by atoms with Crippen LogP contribution in [0.4, 0.5) is 0 Å². The maximum Gasteiger partial charge on any atom is 0.326 e. The average Bonchev–Trinajstić information content (AvgIpc) is 2.94. The summed E-state index contributed by atoms with van der Waals surface area (Å²) in [7, 11) is 1.87. The zero-order chi connectivity index (χ0) is 14.5. The molecule has 0 saturated carbocycles. The lowest BCUT2D eigenvalue weighted by atomic mass is 10.0. The number of carboxylic acids is 1. The van der Waals surface area contributed by atoms with Gasteiger partial charge in [0.2, 0.25) is 0 Å². The zero-order valence-electron chi connectivity index (χ0n) is 11.6. The molecule has 0 bridgehead atoms. The third-order valence-corrected chi connectivity index (χ3v) is 3.69. The summed E-state index contributed by atoms with van der Waals surface area (Å²) in [6.07, 6.45) is 2.05. The molecule has 1 saturated heterocycles. The second-order valence-corrected chi connectivity index (χ2v) is 5.01. The first-order valence-electron chi connectivity index (χ1n) is 6.91. The van der Waals surface area contributed by atoms with Gasteiger partial charge in [0.1, 0.15) is 6.04 Å². The van der Waals surface area contributed by atoms with E-state index in [2.05, 4.69) is 5.32 Å². The van der Waals surface area contributed by atoms with E-state index < -0.39 is 12.0 Å². The molecule has 108 valence electrons. The number of nitrogens with one attached hydrogen (secondary N) is 1. The highest BCUT2D eigenvalue weighted by atomic mass is 16.4. The summed E-state index contributed by atoms with van der Waals surface area (Å²) in [6, 6.07) is 6.75. The van der Waals surface area contributed by atoms with Crippen molar-refractivity contribution in [2.75, 3.05) is 20.1 Å². The van der Waals surface area contributed by atoms with Crippen molar-refractivity contribution < 1.29 is 14.7 Å². The lowest BCUT2D eigenvalue weighted by Gasteiger charge is -2.22. The number of carboxylic acid groups (broad SMARTS) is 1. The molecule has 1 aromatic carbocycles. The first-order valence-corrected chi connectivity index (χ1v) is 6.91. The minimum atomic E-state index is -0.913. The molecule has 1 fully saturated rings. The second kappa shape index (κ2) is 6.52. The fourth-order valence-electron chi connectivity index (χ4n) is 2.63. The minimum Gasteiger partial charge on any atom is -0.480 e. The van der Waals surface area contributed by atoms with E-state index >= 15 is 0 Å². The van der Waals surface area contributed by atoms with Gasteiger partial charge in [-0.25, -0.2) is 4.79 Å². The van der Waals surface area contributed by atoms with Crippen molar-refractivity contribution in [2.45, 2.75) is 25.3 Å². The van der Waals surface area contributed by atoms with Crippen LogP contribution >= 0.6 is 0 Å². The van der Waals surface area contributed by atoms with Crippen LogP contribution in [0.25, 0.3) is 0 Å². The zero-order valence-corrected chi connectivity index (χ0v) is 11.6. The van der Waals surface area contributed by atoms with Crippen LogP contribution in [0, 0.1) is 0 Å². The molecule has 5 heteroatoms. The smallest absolute Gasteiger partial charge is 0.326 e. The highest BCUT2D eigenvalue weighted by Crippen LogP contribution is 2.22. The largest absolute Gasteiger partial charge is 0.480 e. The number of benzene rings is 1. The van der Waals surface area contributed by atoms with Gasteiger partial charge in [0.15, 0.2) is 0 Å². The van der Waals surface area contributed by atoms with Crippen molar-refractivity contribution >= 4 is 11.9 Å².